The lowest BCUT2D eigenvalue weighted by molar-refractivity contribution is -0.136. The molecule has 0 atom stereocenters. The summed E-state index contributed by atoms with van der Waals surface area (Å²) in [6.45, 7) is 6.33. The van der Waals surface area contributed by atoms with Crippen LogP contribution in [-0.2, 0) is 14.3 Å². The summed E-state index contributed by atoms with van der Waals surface area (Å²) < 4.78 is 5.30. The average Bonchev–Trinajstić information content (AvgIpc) is 2.50. The van der Waals surface area contributed by atoms with Gasteiger partial charge in [0.15, 0.2) is 0 Å². The van der Waals surface area contributed by atoms with Gasteiger partial charge in [-0.3, -0.25) is 4.90 Å². The number of morpholine rings is 1. The molecule has 0 amide bonds. The van der Waals surface area contributed by atoms with Gasteiger partial charge in [0.1, 0.15) is 0 Å². The van der Waals surface area contributed by atoms with Crippen LogP contribution in [0.5, 0.6) is 0 Å². The normalized spacial score (nSPS) is 17.1. The van der Waals surface area contributed by atoms with E-state index < -0.39 is 11.9 Å². The highest BCUT2D eigenvalue weighted by Crippen LogP contribution is 2.17. The molecule has 0 unspecified atom stereocenters. The number of carboxylic acid groups (broad SMARTS) is 2. The van der Waals surface area contributed by atoms with Crippen LogP contribution in [-0.4, -0.2) is 59.9 Å². The number of ether oxygens (including phenoxy) is 1. The van der Waals surface area contributed by atoms with Crippen LogP contribution in [0.1, 0.15) is 45.4 Å². The monoisotopic (exact) mass is 313 g/mol. The fraction of sp³-hybridized carbons (Fsp3) is 0.750. The number of nitrogens with zero attached hydrogens (tertiary/aromatic N) is 1. The summed E-state index contributed by atoms with van der Waals surface area (Å²) in [7, 11) is 0. The number of unbranched alkanes of at least 4 members (excludes halogenated alkanes) is 3. The maximum Gasteiger partial charge on any atom is 0.332 e. The molecule has 6 heteroatoms. The van der Waals surface area contributed by atoms with Gasteiger partial charge in [0.25, 0.3) is 0 Å². The van der Waals surface area contributed by atoms with Gasteiger partial charge in [-0.25, -0.2) is 9.59 Å². The minimum atomic E-state index is -1.12. The Morgan fingerprint density at radius 1 is 0.955 bits per heavy atom. The maximum atomic E-state index is 11.2. The highest BCUT2D eigenvalue weighted by atomic mass is 16.5. The van der Waals surface area contributed by atoms with Gasteiger partial charge in [0.05, 0.1) is 13.2 Å². The molecule has 1 aliphatic heterocycles. The van der Waals surface area contributed by atoms with E-state index in [0.717, 1.165) is 58.5 Å². The zero-order valence-electron chi connectivity index (χ0n) is 13.3. The topological polar surface area (TPSA) is 87.1 Å². The number of hydrogen-bond acceptors (Lipinski definition) is 4. The van der Waals surface area contributed by atoms with Gasteiger partial charge >= 0.3 is 11.9 Å². The molecule has 0 aromatic carbocycles. The molecule has 0 saturated carbocycles. The van der Waals surface area contributed by atoms with Crippen LogP contribution in [0.15, 0.2) is 11.1 Å². The number of carbonyl (C=O) groups is 2. The Kier molecular flexibility index (Phi) is 8.77. The predicted octanol–water partition coefficient (Wildman–Crippen LogP) is 2.14. The molecule has 22 heavy (non-hydrogen) atoms. The first-order valence-corrected chi connectivity index (χ1v) is 8.05. The van der Waals surface area contributed by atoms with Crippen molar-refractivity contribution in [3.05, 3.63) is 11.1 Å². The van der Waals surface area contributed by atoms with Crippen molar-refractivity contribution in [3.8, 4) is 0 Å². The van der Waals surface area contributed by atoms with Gasteiger partial charge in [-0.15, -0.1) is 0 Å². The molecular weight excluding hydrogens is 286 g/mol. The molecule has 126 valence electrons. The molecule has 1 saturated heterocycles. The van der Waals surface area contributed by atoms with Crippen LogP contribution < -0.4 is 0 Å². The fourth-order valence-electron chi connectivity index (χ4n) is 2.70. The lowest BCUT2D eigenvalue weighted by Crippen LogP contribution is -2.36. The number of rotatable bonds is 10. The molecule has 1 fully saturated rings. The second-order valence-electron chi connectivity index (χ2n) is 5.54. The van der Waals surface area contributed by atoms with Crippen LogP contribution >= 0.6 is 0 Å². The van der Waals surface area contributed by atoms with Crippen molar-refractivity contribution < 1.29 is 24.5 Å². The SMILES string of the molecule is CCC(C(=O)O)=C(CCCCCCN1CCOCC1)C(=O)O. The second-order valence-corrected chi connectivity index (χ2v) is 5.54. The molecule has 0 bridgehead atoms. The van der Waals surface area contributed by atoms with Crippen molar-refractivity contribution in [1.29, 1.82) is 0 Å². The van der Waals surface area contributed by atoms with Gasteiger partial charge in [-0.2, -0.15) is 0 Å². The summed E-state index contributed by atoms with van der Waals surface area (Å²) in [6.07, 6.45) is 4.36. The third-order valence-corrected chi connectivity index (χ3v) is 3.99. The molecule has 0 aliphatic carbocycles. The third-order valence-electron chi connectivity index (χ3n) is 3.99. The zero-order chi connectivity index (χ0) is 16.4. The lowest BCUT2D eigenvalue weighted by Gasteiger charge is -2.26. The van der Waals surface area contributed by atoms with Crippen LogP contribution in [0.3, 0.4) is 0 Å². The van der Waals surface area contributed by atoms with Gasteiger partial charge in [-0.05, 0) is 32.2 Å². The van der Waals surface area contributed by atoms with E-state index in [1.807, 2.05) is 0 Å². The van der Waals surface area contributed by atoms with Crippen molar-refractivity contribution in [2.45, 2.75) is 45.4 Å². The van der Waals surface area contributed by atoms with Crippen molar-refractivity contribution in [2.75, 3.05) is 32.8 Å². The van der Waals surface area contributed by atoms with Crippen molar-refractivity contribution >= 4 is 11.9 Å². The van der Waals surface area contributed by atoms with E-state index in [1.165, 1.54) is 0 Å². The number of hydrogen-bond donors (Lipinski definition) is 2. The minimum absolute atomic E-state index is 0.0285. The first-order valence-electron chi connectivity index (χ1n) is 8.05. The quantitative estimate of drug-likeness (QED) is 0.475. The predicted molar refractivity (Wildman–Crippen MR) is 82.9 cm³/mol. The standard InChI is InChI=1S/C16H27NO5/c1-2-13(15(18)19)14(16(20)21)7-5-3-4-6-8-17-9-11-22-12-10-17/h2-12H2,1H3,(H,18,19)(H,20,21). The molecule has 1 heterocycles. The minimum Gasteiger partial charge on any atom is -0.478 e. The van der Waals surface area contributed by atoms with Crippen LogP contribution in [0, 0.1) is 0 Å². The van der Waals surface area contributed by atoms with Crippen molar-refractivity contribution in [2.24, 2.45) is 0 Å². The second kappa shape index (κ2) is 10.3. The van der Waals surface area contributed by atoms with Gasteiger partial charge in [0.2, 0.25) is 0 Å². The molecule has 6 nitrogen and oxygen atoms in total. The van der Waals surface area contributed by atoms with Crippen LogP contribution in [0.25, 0.3) is 0 Å². The highest BCUT2D eigenvalue weighted by molar-refractivity contribution is 5.98. The van der Waals surface area contributed by atoms with Crippen LogP contribution in [0.2, 0.25) is 0 Å². The maximum absolute atomic E-state index is 11.2. The molecule has 1 aliphatic rings. The molecule has 0 aromatic heterocycles. The van der Waals surface area contributed by atoms with E-state index in [2.05, 4.69) is 4.90 Å². The summed E-state index contributed by atoms with van der Waals surface area (Å²) in [5.41, 5.74) is 0.0870. The number of aliphatic carboxylic acids is 2. The highest BCUT2D eigenvalue weighted by Gasteiger charge is 2.18. The van der Waals surface area contributed by atoms with Crippen molar-refractivity contribution in [1.82, 2.24) is 4.90 Å². The van der Waals surface area contributed by atoms with Gasteiger partial charge in [0, 0.05) is 24.2 Å². The average molecular weight is 313 g/mol. The Hall–Kier alpha value is -1.40. The van der Waals surface area contributed by atoms with E-state index in [9.17, 15) is 9.59 Å². The summed E-state index contributed by atoms with van der Waals surface area (Å²) in [5.74, 6) is -2.22. The Bertz CT molecular complexity index is 399. The Labute approximate surface area is 131 Å². The molecular formula is C16H27NO5. The molecule has 2 N–H and O–H groups in total. The molecule has 0 aromatic rings. The number of carboxylic acids is 2. The first-order chi connectivity index (χ1) is 10.6. The third kappa shape index (κ3) is 6.58. The molecule has 0 spiro atoms. The Balaban J connectivity index is 2.26. The zero-order valence-corrected chi connectivity index (χ0v) is 13.3. The summed E-state index contributed by atoms with van der Waals surface area (Å²) in [5, 5.41) is 18.2. The van der Waals surface area contributed by atoms with E-state index in [1.54, 1.807) is 6.92 Å². The van der Waals surface area contributed by atoms with E-state index in [4.69, 9.17) is 14.9 Å². The van der Waals surface area contributed by atoms with E-state index in [-0.39, 0.29) is 17.6 Å². The van der Waals surface area contributed by atoms with E-state index in [0.29, 0.717) is 6.42 Å². The van der Waals surface area contributed by atoms with E-state index >= 15 is 0 Å². The smallest absolute Gasteiger partial charge is 0.332 e. The van der Waals surface area contributed by atoms with Gasteiger partial charge in [-0.1, -0.05) is 19.8 Å². The lowest BCUT2D eigenvalue weighted by atomic mass is 9.99. The summed E-state index contributed by atoms with van der Waals surface area (Å²) >= 11 is 0. The molecule has 1 rings (SSSR count). The first kappa shape index (κ1) is 18.6. The largest absolute Gasteiger partial charge is 0.478 e. The fourth-order valence-corrected chi connectivity index (χ4v) is 2.70. The molecule has 0 radical (unpaired) electrons. The Morgan fingerprint density at radius 2 is 1.55 bits per heavy atom. The van der Waals surface area contributed by atoms with Crippen molar-refractivity contribution in [3.63, 3.8) is 0 Å². The summed E-state index contributed by atoms with van der Waals surface area (Å²) in [6, 6.07) is 0. The van der Waals surface area contributed by atoms with Gasteiger partial charge < -0.3 is 14.9 Å². The summed E-state index contributed by atoms with van der Waals surface area (Å²) in [4.78, 5) is 24.6. The Morgan fingerprint density at radius 3 is 2.09 bits per heavy atom. The van der Waals surface area contributed by atoms with Crippen LogP contribution in [0.4, 0.5) is 0 Å².